The van der Waals surface area contributed by atoms with Gasteiger partial charge in [-0.3, -0.25) is 4.98 Å². The summed E-state index contributed by atoms with van der Waals surface area (Å²) in [6.45, 7) is 0. The van der Waals surface area contributed by atoms with E-state index in [1.165, 1.54) is 4.68 Å². The van der Waals surface area contributed by atoms with Crippen LogP contribution in [0.5, 0.6) is 11.5 Å². The summed E-state index contributed by atoms with van der Waals surface area (Å²) in [5.41, 5.74) is 1.29. The van der Waals surface area contributed by atoms with E-state index < -0.39 is 5.97 Å². The van der Waals surface area contributed by atoms with Crippen molar-refractivity contribution in [2.24, 2.45) is 0 Å². The summed E-state index contributed by atoms with van der Waals surface area (Å²) in [5, 5.41) is 17.2. The molecule has 4 rings (SSSR count). The first-order chi connectivity index (χ1) is 13.2. The number of aromatic nitrogens is 4. The molecule has 0 spiro atoms. The number of para-hydroxylation sites is 1. The zero-order chi connectivity index (χ0) is 18.6. The van der Waals surface area contributed by atoms with Crippen LogP contribution in [0.3, 0.4) is 0 Å². The molecule has 0 saturated heterocycles. The molecule has 7 heteroatoms. The molecule has 0 unspecified atom stereocenters. The number of ether oxygens (including phenoxy) is 1. The summed E-state index contributed by atoms with van der Waals surface area (Å²) < 4.78 is 7.23. The number of pyridine rings is 1. The topological polar surface area (TPSA) is 90.1 Å². The van der Waals surface area contributed by atoms with Crippen LogP contribution in [0.1, 0.15) is 10.5 Å². The fraction of sp³-hybridized carbons (Fsp3) is 0. The van der Waals surface area contributed by atoms with Crippen LogP contribution in [0.25, 0.3) is 17.1 Å². The van der Waals surface area contributed by atoms with Crippen LogP contribution in [-0.4, -0.2) is 31.1 Å². The van der Waals surface area contributed by atoms with E-state index in [1.807, 2.05) is 30.3 Å². The molecule has 0 atom stereocenters. The summed E-state index contributed by atoms with van der Waals surface area (Å²) >= 11 is 0. The Balaban J connectivity index is 1.70. The van der Waals surface area contributed by atoms with Gasteiger partial charge in [0.15, 0.2) is 5.69 Å². The Morgan fingerprint density at radius 2 is 1.59 bits per heavy atom. The van der Waals surface area contributed by atoms with Gasteiger partial charge in [-0.2, -0.15) is 0 Å². The van der Waals surface area contributed by atoms with E-state index in [4.69, 9.17) is 4.74 Å². The van der Waals surface area contributed by atoms with E-state index in [-0.39, 0.29) is 5.69 Å². The summed E-state index contributed by atoms with van der Waals surface area (Å²) in [5.74, 6) is 0.224. The first-order valence-electron chi connectivity index (χ1n) is 8.16. The summed E-state index contributed by atoms with van der Waals surface area (Å²) in [6, 6.07) is 21.8. The largest absolute Gasteiger partial charge is 0.476 e. The number of aromatic carboxylic acids is 1. The van der Waals surface area contributed by atoms with Crippen molar-refractivity contribution in [2.75, 3.05) is 0 Å². The van der Waals surface area contributed by atoms with Gasteiger partial charge in [-0.1, -0.05) is 29.5 Å². The SMILES string of the molecule is O=C(O)c1nnn(-c2ccc(Oc3ccccc3)cc2)c1-c1ccccn1. The van der Waals surface area contributed by atoms with Crippen molar-refractivity contribution in [1.29, 1.82) is 0 Å². The number of nitrogens with zero attached hydrogens (tertiary/aromatic N) is 4. The van der Waals surface area contributed by atoms with Gasteiger partial charge in [0.2, 0.25) is 0 Å². The van der Waals surface area contributed by atoms with E-state index in [9.17, 15) is 9.90 Å². The Kier molecular flexibility index (Phi) is 4.32. The first kappa shape index (κ1) is 16.5. The second kappa shape index (κ2) is 7.09. The van der Waals surface area contributed by atoms with E-state index in [2.05, 4.69) is 15.3 Å². The molecule has 132 valence electrons. The van der Waals surface area contributed by atoms with Crippen molar-refractivity contribution in [3.8, 4) is 28.6 Å². The standard InChI is InChI=1S/C20H14N4O3/c25-20(26)18-19(17-8-4-5-13-21-17)24(23-22-18)14-9-11-16(12-10-14)27-15-6-2-1-3-7-15/h1-13H,(H,25,26). The molecule has 0 amide bonds. The van der Waals surface area contributed by atoms with Gasteiger partial charge in [0.05, 0.1) is 11.4 Å². The zero-order valence-corrected chi connectivity index (χ0v) is 14.1. The van der Waals surface area contributed by atoms with Crippen molar-refractivity contribution in [2.45, 2.75) is 0 Å². The van der Waals surface area contributed by atoms with Crippen LogP contribution in [0.2, 0.25) is 0 Å². The Labute approximate surface area is 154 Å². The molecule has 4 aromatic rings. The predicted octanol–water partition coefficient (Wildman–Crippen LogP) is 3.82. The highest BCUT2D eigenvalue weighted by molar-refractivity contribution is 5.92. The van der Waals surface area contributed by atoms with Gasteiger partial charge in [0, 0.05) is 6.20 Å². The maximum absolute atomic E-state index is 11.5. The molecule has 27 heavy (non-hydrogen) atoms. The summed E-state index contributed by atoms with van der Waals surface area (Å²) in [7, 11) is 0. The number of hydrogen-bond donors (Lipinski definition) is 1. The van der Waals surface area contributed by atoms with Gasteiger partial charge >= 0.3 is 5.97 Å². The monoisotopic (exact) mass is 358 g/mol. The fourth-order valence-corrected chi connectivity index (χ4v) is 2.62. The molecule has 0 saturated carbocycles. The molecular weight excluding hydrogens is 344 g/mol. The van der Waals surface area contributed by atoms with Gasteiger partial charge in [-0.25, -0.2) is 9.48 Å². The molecule has 0 aliphatic carbocycles. The molecule has 0 aliphatic rings. The Bertz CT molecular complexity index is 1060. The second-order valence-electron chi connectivity index (χ2n) is 5.63. The first-order valence-corrected chi connectivity index (χ1v) is 8.16. The normalized spacial score (nSPS) is 10.5. The van der Waals surface area contributed by atoms with Gasteiger partial charge in [0.1, 0.15) is 17.2 Å². The third-order valence-corrected chi connectivity index (χ3v) is 3.84. The highest BCUT2D eigenvalue weighted by Crippen LogP contribution is 2.26. The van der Waals surface area contributed by atoms with Crippen molar-refractivity contribution < 1.29 is 14.6 Å². The number of carboxylic acids is 1. The highest BCUT2D eigenvalue weighted by Gasteiger charge is 2.22. The maximum atomic E-state index is 11.5. The van der Waals surface area contributed by atoms with E-state index in [0.29, 0.717) is 22.8 Å². The number of carboxylic acid groups (broad SMARTS) is 1. The maximum Gasteiger partial charge on any atom is 0.358 e. The van der Waals surface area contributed by atoms with Crippen LogP contribution in [0, 0.1) is 0 Å². The second-order valence-corrected chi connectivity index (χ2v) is 5.63. The Morgan fingerprint density at radius 3 is 2.26 bits per heavy atom. The van der Waals surface area contributed by atoms with Crippen LogP contribution in [0.15, 0.2) is 79.0 Å². The van der Waals surface area contributed by atoms with E-state index in [1.54, 1.807) is 48.7 Å². The molecule has 0 fully saturated rings. The van der Waals surface area contributed by atoms with Crippen LogP contribution in [-0.2, 0) is 0 Å². The van der Waals surface area contributed by atoms with Crippen molar-refractivity contribution in [1.82, 2.24) is 20.0 Å². The van der Waals surface area contributed by atoms with E-state index in [0.717, 1.165) is 5.75 Å². The lowest BCUT2D eigenvalue weighted by Gasteiger charge is -2.09. The fourth-order valence-electron chi connectivity index (χ4n) is 2.62. The zero-order valence-electron chi connectivity index (χ0n) is 14.1. The number of benzene rings is 2. The Morgan fingerprint density at radius 1 is 0.889 bits per heavy atom. The van der Waals surface area contributed by atoms with Crippen molar-refractivity contribution in [3.05, 3.63) is 84.7 Å². The van der Waals surface area contributed by atoms with E-state index >= 15 is 0 Å². The minimum atomic E-state index is -1.16. The number of hydrogen-bond acceptors (Lipinski definition) is 5. The third kappa shape index (κ3) is 3.38. The van der Waals surface area contributed by atoms with Crippen LogP contribution < -0.4 is 4.74 Å². The molecule has 2 heterocycles. The minimum Gasteiger partial charge on any atom is -0.476 e. The molecule has 0 bridgehead atoms. The number of carbonyl (C=O) groups is 1. The highest BCUT2D eigenvalue weighted by atomic mass is 16.5. The summed E-state index contributed by atoms with van der Waals surface area (Å²) in [6.07, 6.45) is 1.59. The lowest BCUT2D eigenvalue weighted by molar-refractivity contribution is 0.0691. The molecule has 1 N–H and O–H groups in total. The average Bonchev–Trinajstić information content (AvgIpc) is 3.15. The smallest absolute Gasteiger partial charge is 0.358 e. The molecular formula is C20H14N4O3. The lowest BCUT2D eigenvalue weighted by Crippen LogP contribution is -2.04. The molecule has 2 aromatic carbocycles. The van der Waals surface area contributed by atoms with Gasteiger partial charge < -0.3 is 9.84 Å². The molecule has 7 nitrogen and oxygen atoms in total. The average molecular weight is 358 g/mol. The Hall–Kier alpha value is -4.00. The van der Waals surface area contributed by atoms with Crippen LogP contribution in [0.4, 0.5) is 0 Å². The van der Waals surface area contributed by atoms with Crippen molar-refractivity contribution >= 4 is 5.97 Å². The minimum absolute atomic E-state index is 0.154. The van der Waals surface area contributed by atoms with Gasteiger partial charge in [0.25, 0.3) is 0 Å². The van der Waals surface area contributed by atoms with Crippen molar-refractivity contribution in [3.63, 3.8) is 0 Å². The molecule has 0 radical (unpaired) electrons. The number of rotatable bonds is 5. The molecule has 0 aliphatic heterocycles. The quantitative estimate of drug-likeness (QED) is 0.583. The van der Waals surface area contributed by atoms with Crippen LogP contribution >= 0.6 is 0 Å². The predicted molar refractivity (Wildman–Crippen MR) is 98.1 cm³/mol. The lowest BCUT2D eigenvalue weighted by atomic mass is 10.2. The van der Waals surface area contributed by atoms with Gasteiger partial charge in [-0.15, -0.1) is 5.10 Å². The van der Waals surface area contributed by atoms with Gasteiger partial charge in [-0.05, 0) is 48.5 Å². The summed E-state index contributed by atoms with van der Waals surface area (Å²) in [4.78, 5) is 15.8. The molecule has 2 aromatic heterocycles. The third-order valence-electron chi connectivity index (χ3n) is 3.84.